The zero-order valence-electron chi connectivity index (χ0n) is 9.19. The van der Waals surface area contributed by atoms with E-state index in [1.54, 1.807) is 13.0 Å². The lowest BCUT2D eigenvalue weighted by molar-refractivity contribution is 0.403. The molecule has 0 spiro atoms. The Bertz CT molecular complexity index is 517. The molecule has 0 amide bonds. The van der Waals surface area contributed by atoms with Crippen LogP contribution in [0.5, 0.6) is 11.5 Å². The molecule has 4 nitrogen and oxygen atoms in total. The van der Waals surface area contributed by atoms with E-state index >= 15 is 0 Å². The number of rotatable bonds is 2. The van der Waals surface area contributed by atoms with Crippen LogP contribution in [0.4, 0.5) is 0 Å². The summed E-state index contributed by atoms with van der Waals surface area (Å²) in [7, 11) is 0. The number of oxazole rings is 1. The molecular weight excluding hydrogens is 206 g/mol. The van der Waals surface area contributed by atoms with Crippen LogP contribution in [0.25, 0.3) is 0 Å². The minimum Gasteiger partial charge on any atom is -0.504 e. The largest absolute Gasteiger partial charge is 0.504 e. The summed E-state index contributed by atoms with van der Waals surface area (Å²) < 4.78 is 5.32. The molecule has 1 heterocycles. The Labute approximate surface area is 93.2 Å². The number of benzene rings is 1. The van der Waals surface area contributed by atoms with Crippen LogP contribution in [0.1, 0.15) is 22.9 Å². The lowest BCUT2D eigenvalue weighted by Gasteiger charge is -2.01. The average Bonchev–Trinajstić information content (AvgIpc) is 2.51. The summed E-state index contributed by atoms with van der Waals surface area (Å²) in [4.78, 5) is 4.25. The first kappa shape index (κ1) is 10.5. The molecule has 2 N–H and O–H groups in total. The standard InChI is InChI=1S/C12H13NO3/c1-7-10(13-8(2)16-7)5-9-3-4-11(14)12(15)6-9/h3-4,6,14-15H,5H2,1-2H3. The zero-order chi connectivity index (χ0) is 11.7. The van der Waals surface area contributed by atoms with Crippen LogP contribution >= 0.6 is 0 Å². The molecule has 0 unspecified atom stereocenters. The fraction of sp³-hybridized carbons (Fsp3) is 0.250. The molecule has 0 atom stereocenters. The third-order valence-electron chi connectivity index (χ3n) is 2.41. The van der Waals surface area contributed by atoms with E-state index < -0.39 is 0 Å². The molecule has 1 aromatic heterocycles. The number of aromatic hydroxyl groups is 2. The molecule has 0 saturated heterocycles. The second kappa shape index (κ2) is 3.89. The van der Waals surface area contributed by atoms with Gasteiger partial charge < -0.3 is 14.6 Å². The molecule has 84 valence electrons. The zero-order valence-corrected chi connectivity index (χ0v) is 9.19. The van der Waals surface area contributed by atoms with Crippen molar-refractivity contribution < 1.29 is 14.6 Å². The molecule has 0 radical (unpaired) electrons. The van der Waals surface area contributed by atoms with Crippen LogP contribution in [0.3, 0.4) is 0 Å². The van der Waals surface area contributed by atoms with Crippen molar-refractivity contribution in [1.29, 1.82) is 0 Å². The average molecular weight is 219 g/mol. The van der Waals surface area contributed by atoms with E-state index in [1.807, 2.05) is 6.92 Å². The number of aromatic nitrogens is 1. The third kappa shape index (κ3) is 2.00. The van der Waals surface area contributed by atoms with Crippen LogP contribution in [0, 0.1) is 13.8 Å². The van der Waals surface area contributed by atoms with Gasteiger partial charge in [0.25, 0.3) is 0 Å². The Kier molecular flexibility index (Phi) is 2.56. The maximum absolute atomic E-state index is 9.36. The second-order valence-electron chi connectivity index (χ2n) is 3.74. The number of hydrogen-bond acceptors (Lipinski definition) is 4. The molecule has 1 aromatic carbocycles. The highest BCUT2D eigenvalue weighted by Gasteiger charge is 2.08. The molecule has 2 aromatic rings. The Morgan fingerprint density at radius 1 is 1.19 bits per heavy atom. The maximum atomic E-state index is 9.36. The van der Waals surface area contributed by atoms with Gasteiger partial charge >= 0.3 is 0 Å². The first-order chi connectivity index (χ1) is 7.56. The summed E-state index contributed by atoms with van der Waals surface area (Å²) in [6.45, 7) is 3.65. The van der Waals surface area contributed by atoms with Gasteiger partial charge in [-0.05, 0) is 24.6 Å². The quantitative estimate of drug-likeness (QED) is 0.760. The first-order valence-electron chi connectivity index (χ1n) is 5.00. The number of nitrogens with zero attached hydrogens (tertiary/aromatic N) is 1. The number of phenols is 2. The van der Waals surface area contributed by atoms with Gasteiger partial charge in [-0.1, -0.05) is 6.07 Å². The minimum absolute atomic E-state index is 0.114. The Morgan fingerprint density at radius 2 is 1.94 bits per heavy atom. The van der Waals surface area contributed by atoms with E-state index in [0.29, 0.717) is 12.3 Å². The molecule has 0 aliphatic carbocycles. The van der Waals surface area contributed by atoms with Gasteiger partial charge in [0.2, 0.25) is 0 Å². The number of aryl methyl sites for hydroxylation is 2. The molecule has 0 saturated carbocycles. The van der Waals surface area contributed by atoms with Gasteiger partial charge in [0.1, 0.15) is 5.76 Å². The molecule has 0 aliphatic rings. The van der Waals surface area contributed by atoms with E-state index in [2.05, 4.69) is 4.98 Å². The van der Waals surface area contributed by atoms with Crippen molar-refractivity contribution in [2.24, 2.45) is 0 Å². The van der Waals surface area contributed by atoms with Crippen LogP contribution in [0.15, 0.2) is 22.6 Å². The lowest BCUT2D eigenvalue weighted by Crippen LogP contribution is -1.90. The Balaban J connectivity index is 2.27. The normalized spacial score (nSPS) is 10.6. The minimum atomic E-state index is -0.115. The topological polar surface area (TPSA) is 66.5 Å². The van der Waals surface area contributed by atoms with E-state index in [9.17, 15) is 10.2 Å². The predicted molar refractivity (Wildman–Crippen MR) is 58.6 cm³/mol. The van der Waals surface area contributed by atoms with Crippen molar-refractivity contribution >= 4 is 0 Å². The van der Waals surface area contributed by atoms with Crippen LogP contribution in [-0.2, 0) is 6.42 Å². The number of phenolic OH excluding ortho intramolecular Hbond substituents is 2. The number of hydrogen-bond donors (Lipinski definition) is 2. The van der Waals surface area contributed by atoms with Gasteiger partial charge in [-0.2, -0.15) is 0 Å². The van der Waals surface area contributed by atoms with E-state index in [0.717, 1.165) is 17.0 Å². The highest BCUT2D eigenvalue weighted by Crippen LogP contribution is 2.26. The molecule has 0 fully saturated rings. The van der Waals surface area contributed by atoms with Crippen molar-refractivity contribution in [3.63, 3.8) is 0 Å². The van der Waals surface area contributed by atoms with E-state index in [-0.39, 0.29) is 11.5 Å². The second-order valence-corrected chi connectivity index (χ2v) is 3.74. The summed E-state index contributed by atoms with van der Waals surface area (Å²) in [6, 6.07) is 4.74. The predicted octanol–water partition coefficient (Wildman–Crippen LogP) is 2.29. The molecule has 16 heavy (non-hydrogen) atoms. The van der Waals surface area contributed by atoms with E-state index in [1.165, 1.54) is 12.1 Å². The Hall–Kier alpha value is -1.97. The van der Waals surface area contributed by atoms with Crippen LogP contribution in [0.2, 0.25) is 0 Å². The summed E-state index contributed by atoms with van der Waals surface area (Å²) in [6.07, 6.45) is 0.580. The van der Waals surface area contributed by atoms with Gasteiger partial charge in [-0.15, -0.1) is 0 Å². The highest BCUT2D eigenvalue weighted by atomic mass is 16.4. The van der Waals surface area contributed by atoms with Gasteiger partial charge in [0, 0.05) is 13.3 Å². The van der Waals surface area contributed by atoms with Crippen LogP contribution in [-0.4, -0.2) is 15.2 Å². The van der Waals surface area contributed by atoms with Gasteiger partial charge in [0.15, 0.2) is 17.4 Å². The van der Waals surface area contributed by atoms with Crippen LogP contribution < -0.4 is 0 Å². The van der Waals surface area contributed by atoms with E-state index in [4.69, 9.17) is 4.42 Å². The highest BCUT2D eigenvalue weighted by molar-refractivity contribution is 5.41. The van der Waals surface area contributed by atoms with Gasteiger partial charge in [0.05, 0.1) is 5.69 Å². The monoisotopic (exact) mass is 219 g/mol. The molecule has 2 rings (SSSR count). The molecule has 0 aliphatic heterocycles. The van der Waals surface area contributed by atoms with Crippen molar-refractivity contribution in [3.8, 4) is 11.5 Å². The maximum Gasteiger partial charge on any atom is 0.191 e. The molecule has 4 heteroatoms. The summed E-state index contributed by atoms with van der Waals surface area (Å²) in [5.74, 6) is 1.19. The van der Waals surface area contributed by atoms with Gasteiger partial charge in [-0.3, -0.25) is 0 Å². The summed E-state index contributed by atoms with van der Waals surface area (Å²) in [5, 5.41) is 18.5. The fourth-order valence-corrected chi connectivity index (χ4v) is 1.61. The molecular formula is C12H13NO3. The van der Waals surface area contributed by atoms with Crippen molar-refractivity contribution in [1.82, 2.24) is 4.98 Å². The SMILES string of the molecule is Cc1nc(Cc2ccc(O)c(O)c2)c(C)o1. The summed E-state index contributed by atoms with van der Waals surface area (Å²) in [5.41, 5.74) is 1.73. The van der Waals surface area contributed by atoms with Crippen molar-refractivity contribution in [2.45, 2.75) is 20.3 Å². The first-order valence-corrected chi connectivity index (χ1v) is 5.00. The van der Waals surface area contributed by atoms with Gasteiger partial charge in [-0.25, -0.2) is 4.98 Å². The Morgan fingerprint density at radius 3 is 2.50 bits per heavy atom. The summed E-state index contributed by atoms with van der Waals surface area (Å²) >= 11 is 0. The fourth-order valence-electron chi connectivity index (χ4n) is 1.61. The third-order valence-corrected chi connectivity index (χ3v) is 2.41. The van der Waals surface area contributed by atoms with Crippen molar-refractivity contribution in [2.75, 3.05) is 0 Å². The molecule has 0 bridgehead atoms. The van der Waals surface area contributed by atoms with Crippen molar-refractivity contribution in [3.05, 3.63) is 41.1 Å². The smallest absolute Gasteiger partial charge is 0.191 e. The lowest BCUT2D eigenvalue weighted by atomic mass is 10.1.